The van der Waals surface area contributed by atoms with Crippen LogP contribution in [0, 0.1) is 17.5 Å². The van der Waals surface area contributed by atoms with Crippen molar-refractivity contribution in [1.29, 1.82) is 0 Å². The molecule has 5 heteroatoms. The van der Waals surface area contributed by atoms with Crippen molar-refractivity contribution in [2.45, 2.75) is 12.5 Å². The Morgan fingerprint density at radius 3 is 2.67 bits per heavy atom. The van der Waals surface area contributed by atoms with Crippen molar-refractivity contribution in [3.05, 3.63) is 70.4 Å². The van der Waals surface area contributed by atoms with Gasteiger partial charge in [-0.25, -0.2) is 13.2 Å². The predicted octanol–water partition coefficient (Wildman–Crippen LogP) is 4.56. The first kappa shape index (κ1) is 14.1. The molecule has 1 atom stereocenters. The number of rotatable bonds is 3. The fraction of sp³-hybridized carbons (Fsp3) is 0.125. The van der Waals surface area contributed by atoms with Gasteiger partial charge in [0, 0.05) is 15.6 Å². The molecular weight excluding hydrogens is 295 g/mol. The van der Waals surface area contributed by atoms with Gasteiger partial charge in [0.05, 0.1) is 0 Å². The Hall–Kier alpha value is -1.85. The second kappa shape index (κ2) is 5.50. The maximum Gasteiger partial charge on any atom is 0.162 e. The lowest BCUT2D eigenvalue weighted by Gasteiger charge is -2.10. The second-order valence-corrected chi connectivity index (χ2v) is 5.97. The van der Waals surface area contributed by atoms with Gasteiger partial charge in [-0.3, -0.25) is 0 Å². The van der Waals surface area contributed by atoms with Crippen LogP contribution in [0.25, 0.3) is 10.1 Å². The Morgan fingerprint density at radius 2 is 1.86 bits per heavy atom. The summed E-state index contributed by atoms with van der Waals surface area (Å²) in [4.78, 5) is 0.819. The molecule has 0 aliphatic carbocycles. The van der Waals surface area contributed by atoms with Crippen molar-refractivity contribution in [3.8, 4) is 0 Å². The molecule has 1 unspecified atom stereocenters. The van der Waals surface area contributed by atoms with Gasteiger partial charge in [0.25, 0.3) is 0 Å². The summed E-state index contributed by atoms with van der Waals surface area (Å²) < 4.78 is 40.8. The summed E-state index contributed by atoms with van der Waals surface area (Å²) >= 11 is 1.37. The number of hydrogen-bond donors (Lipinski definition) is 1. The minimum Gasteiger partial charge on any atom is -0.323 e. The summed E-state index contributed by atoms with van der Waals surface area (Å²) in [6.45, 7) is 0. The van der Waals surface area contributed by atoms with Gasteiger partial charge in [-0.05, 0) is 41.6 Å². The molecule has 1 heterocycles. The highest BCUT2D eigenvalue weighted by molar-refractivity contribution is 7.19. The van der Waals surface area contributed by atoms with Gasteiger partial charge in [-0.15, -0.1) is 11.3 Å². The largest absolute Gasteiger partial charge is 0.323 e. The van der Waals surface area contributed by atoms with E-state index in [2.05, 4.69) is 0 Å². The van der Waals surface area contributed by atoms with Gasteiger partial charge in [-0.2, -0.15) is 0 Å². The minimum absolute atomic E-state index is 0.193. The summed E-state index contributed by atoms with van der Waals surface area (Å²) in [7, 11) is 0. The Bertz CT molecular complexity index is 797. The fourth-order valence-electron chi connectivity index (χ4n) is 2.25. The zero-order valence-electron chi connectivity index (χ0n) is 10.9. The summed E-state index contributed by atoms with van der Waals surface area (Å²) in [6, 6.07) is 9.97. The topological polar surface area (TPSA) is 26.0 Å². The highest BCUT2D eigenvalue weighted by Gasteiger charge is 2.15. The molecule has 2 aromatic carbocycles. The molecule has 21 heavy (non-hydrogen) atoms. The van der Waals surface area contributed by atoms with Gasteiger partial charge >= 0.3 is 0 Å². The molecule has 1 nitrogen and oxygen atoms in total. The van der Waals surface area contributed by atoms with Crippen LogP contribution in [0.2, 0.25) is 0 Å². The van der Waals surface area contributed by atoms with Crippen LogP contribution in [0.3, 0.4) is 0 Å². The Kier molecular flexibility index (Phi) is 3.69. The molecule has 0 aliphatic rings. The van der Waals surface area contributed by atoms with E-state index in [0.29, 0.717) is 0 Å². The molecule has 0 bridgehead atoms. The molecule has 0 saturated carbocycles. The van der Waals surface area contributed by atoms with E-state index in [1.165, 1.54) is 35.6 Å². The first-order valence-electron chi connectivity index (χ1n) is 6.42. The van der Waals surface area contributed by atoms with E-state index < -0.39 is 17.7 Å². The average molecular weight is 307 g/mol. The van der Waals surface area contributed by atoms with E-state index in [4.69, 9.17) is 5.73 Å². The third kappa shape index (κ3) is 2.80. The smallest absolute Gasteiger partial charge is 0.162 e. The molecule has 3 aromatic rings. The van der Waals surface area contributed by atoms with E-state index in [1.807, 2.05) is 6.07 Å². The zero-order valence-corrected chi connectivity index (χ0v) is 11.8. The lowest BCUT2D eigenvalue weighted by Crippen LogP contribution is -2.13. The summed E-state index contributed by atoms with van der Waals surface area (Å²) in [5, 5.41) is 0.895. The summed E-state index contributed by atoms with van der Waals surface area (Å²) in [5.74, 6) is -2.04. The maximum atomic E-state index is 13.7. The monoisotopic (exact) mass is 307 g/mol. The van der Waals surface area contributed by atoms with Crippen LogP contribution in [0.4, 0.5) is 13.2 Å². The van der Waals surface area contributed by atoms with Crippen LogP contribution in [-0.4, -0.2) is 0 Å². The van der Waals surface area contributed by atoms with Gasteiger partial charge in [0.15, 0.2) is 11.6 Å². The van der Waals surface area contributed by atoms with E-state index in [-0.39, 0.29) is 17.8 Å². The van der Waals surface area contributed by atoms with E-state index in [9.17, 15) is 13.2 Å². The standard InChI is InChI=1S/C16H12F3NS/c17-11-5-4-9-7-15(21-14(9)8-11)13(20)6-10-2-1-3-12(18)16(10)19/h1-5,7-8,13H,6,20H2. The number of fused-ring (bicyclic) bond motifs is 1. The van der Waals surface area contributed by atoms with E-state index in [1.54, 1.807) is 6.07 Å². The predicted molar refractivity (Wildman–Crippen MR) is 78.8 cm³/mol. The average Bonchev–Trinajstić information content (AvgIpc) is 2.87. The fourth-order valence-corrected chi connectivity index (χ4v) is 3.34. The molecule has 0 amide bonds. The molecule has 3 rings (SSSR count). The van der Waals surface area contributed by atoms with Crippen LogP contribution >= 0.6 is 11.3 Å². The van der Waals surface area contributed by atoms with Crippen molar-refractivity contribution in [2.75, 3.05) is 0 Å². The zero-order chi connectivity index (χ0) is 15.0. The van der Waals surface area contributed by atoms with Crippen molar-refractivity contribution >= 4 is 21.4 Å². The lowest BCUT2D eigenvalue weighted by molar-refractivity contribution is 0.494. The summed E-state index contributed by atoms with van der Waals surface area (Å²) in [5.41, 5.74) is 6.32. The highest BCUT2D eigenvalue weighted by atomic mass is 32.1. The number of thiophene rings is 1. The molecule has 0 saturated heterocycles. The Balaban J connectivity index is 1.89. The SMILES string of the molecule is NC(Cc1cccc(F)c1F)c1cc2ccc(F)cc2s1. The lowest BCUT2D eigenvalue weighted by atomic mass is 10.0. The third-order valence-corrected chi connectivity index (χ3v) is 4.57. The van der Waals surface area contributed by atoms with E-state index in [0.717, 1.165) is 21.0 Å². The van der Waals surface area contributed by atoms with Crippen molar-refractivity contribution in [3.63, 3.8) is 0 Å². The molecular formula is C16H12F3NS. The Labute approximate surface area is 123 Å². The Morgan fingerprint density at radius 1 is 1.05 bits per heavy atom. The van der Waals surface area contributed by atoms with Crippen LogP contribution in [0.1, 0.15) is 16.5 Å². The number of halogens is 3. The number of benzene rings is 2. The van der Waals surface area contributed by atoms with Crippen LogP contribution in [0.5, 0.6) is 0 Å². The summed E-state index contributed by atoms with van der Waals surface area (Å²) in [6.07, 6.45) is 0.193. The van der Waals surface area contributed by atoms with Crippen molar-refractivity contribution in [1.82, 2.24) is 0 Å². The maximum absolute atomic E-state index is 13.7. The molecule has 2 N–H and O–H groups in total. The van der Waals surface area contributed by atoms with Crippen LogP contribution in [-0.2, 0) is 6.42 Å². The quantitative estimate of drug-likeness (QED) is 0.754. The first-order valence-corrected chi connectivity index (χ1v) is 7.23. The van der Waals surface area contributed by atoms with Gasteiger partial charge in [-0.1, -0.05) is 18.2 Å². The van der Waals surface area contributed by atoms with E-state index >= 15 is 0 Å². The van der Waals surface area contributed by atoms with Gasteiger partial charge in [0.1, 0.15) is 5.82 Å². The third-order valence-electron chi connectivity index (χ3n) is 3.34. The van der Waals surface area contributed by atoms with Gasteiger partial charge < -0.3 is 5.73 Å². The molecule has 0 fully saturated rings. The second-order valence-electron chi connectivity index (χ2n) is 4.85. The minimum atomic E-state index is -0.877. The van der Waals surface area contributed by atoms with Crippen LogP contribution < -0.4 is 5.73 Å². The molecule has 0 spiro atoms. The normalized spacial score (nSPS) is 12.8. The van der Waals surface area contributed by atoms with Gasteiger partial charge in [0.2, 0.25) is 0 Å². The highest BCUT2D eigenvalue weighted by Crippen LogP contribution is 2.31. The first-order chi connectivity index (χ1) is 10.0. The van der Waals surface area contributed by atoms with Crippen molar-refractivity contribution < 1.29 is 13.2 Å². The molecule has 1 aromatic heterocycles. The molecule has 0 radical (unpaired) electrons. The number of nitrogens with two attached hydrogens (primary N) is 1. The molecule has 108 valence electrons. The molecule has 0 aliphatic heterocycles. The van der Waals surface area contributed by atoms with Crippen molar-refractivity contribution in [2.24, 2.45) is 5.73 Å². The van der Waals surface area contributed by atoms with Crippen LogP contribution in [0.15, 0.2) is 42.5 Å². The number of hydrogen-bond acceptors (Lipinski definition) is 2.